The van der Waals surface area contributed by atoms with Crippen LogP contribution >= 0.6 is 11.8 Å². The standard InChI is InChI=1S/C22H26N2O4S/c1-14-6-5-7-18(10-14)23-20(25)12-29-13-21(26)28-17(4)22(27)24-19-11-15(2)8-9-16(19)3/h5-11,17H,12-13H2,1-4H3,(H,23,25)(H,24,27)/t17-/m1/s1. The summed E-state index contributed by atoms with van der Waals surface area (Å²) in [6.45, 7) is 7.29. The van der Waals surface area contributed by atoms with Crippen LogP contribution in [0.5, 0.6) is 0 Å². The van der Waals surface area contributed by atoms with Crippen LogP contribution in [0.15, 0.2) is 42.5 Å². The molecule has 0 radical (unpaired) electrons. The molecule has 0 aliphatic carbocycles. The second-order valence-electron chi connectivity index (χ2n) is 6.85. The number of nitrogens with one attached hydrogen (secondary N) is 2. The Labute approximate surface area is 175 Å². The second-order valence-corrected chi connectivity index (χ2v) is 7.84. The van der Waals surface area contributed by atoms with Crippen molar-refractivity contribution in [3.05, 3.63) is 59.2 Å². The summed E-state index contributed by atoms with van der Waals surface area (Å²) < 4.78 is 5.17. The molecule has 0 bridgehead atoms. The lowest BCUT2D eigenvalue weighted by atomic mass is 10.1. The highest BCUT2D eigenvalue weighted by Gasteiger charge is 2.19. The number of aryl methyl sites for hydroxylation is 3. The number of anilines is 2. The number of benzene rings is 2. The Kier molecular flexibility index (Phi) is 8.27. The molecule has 0 aliphatic heterocycles. The largest absolute Gasteiger partial charge is 0.452 e. The molecule has 29 heavy (non-hydrogen) atoms. The summed E-state index contributed by atoms with van der Waals surface area (Å²) in [7, 11) is 0. The summed E-state index contributed by atoms with van der Waals surface area (Å²) in [4.78, 5) is 36.2. The smallest absolute Gasteiger partial charge is 0.316 e. The van der Waals surface area contributed by atoms with Gasteiger partial charge in [-0.1, -0.05) is 24.3 Å². The SMILES string of the molecule is Cc1cccc(NC(=O)CSCC(=O)O[C@H](C)C(=O)Nc2cc(C)ccc2C)c1. The van der Waals surface area contributed by atoms with Gasteiger partial charge in [-0.3, -0.25) is 14.4 Å². The Morgan fingerprint density at radius 1 is 0.966 bits per heavy atom. The van der Waals surface area contributed by atoms with Crippen molar-refractivity contribution in [1.29, 1.82) is 0 Å². The van der Waals surface area contributed by atoms with E-state index in [1.165, 1.54) is 6.92 Å². The maximum atomic E-state index is 12.3. The van der Waals surface area contributed by atoms with Gasteiger partial charge in [0.1, 0.15) is 0 Å². The van der Waals surface area contributed by atoms with Crippen LogP contribution in [0.1, 0.15) is 23.6 Å². The molecule has 2 amide bonds. The first-order valence-electron chi connectivity index (χ1n) is 9.26. The Morgan fingerprint density at radius 2 is 1.69 bits per heavy atom. The number of hydrogen-bond donors (Lipinski definition) is 2. The van der Waals surface area contributed by atoms with Crippen molar-refractivity contribution in [2.45, 2.75) is 33.8 Å². The number of carbonyl (C=O) groups is 3. The normalized spacial score (nSPS) is 11.4. The molecule has 2 aromatic carbocycles. The highest BCUT2D eigenvalue weighted by Crippen LogP contribution is 2.17. The van der Waals surface area contributed by atoms with E-state index in [2.05, 4.69) is 10.6 Å². The maximum absolute atomic E-state index is 12.3. The van der Waals surface area contributed by atoms with E-state index in [9.17, 15) is 14.4 Å². The molecule has 2 N–H and O–H groups in total. The first-order chi connectivity index (χ1) is 13.7. The molecule has 2 aromatic rings. The van der Waals surface area contributed by atoms with Gasteiger partial charge in [0.25, 0.3) is 5.91 Å². The van der Waals surface area contributed by atoms with Crippen molar-refractivity contribution in [3.63, 3.8) is 0 Å². The van der Waals surface area contributed by atoms with Crippen molar-refractivity contribution < 1.29 is 19.1 Å². The van der Waals surface area contributed by atoms with Gasteiger partial charge in [0.15, 0.2) is 6.10 Å². The van der Waals surface area contributed by atoms with E-state index in [1.54, 1.807) is 6.07 Å². The molecule has 0 spiro atoms. The van der Waals surface area contributed by atoms with E-state index >= 15 is 0 Å². The van der Waals surface area contributed by atoms with E-state index < -0.39 is 18.0 Å². The number of amides is 2. The van der Waals surface area contributed by atoms with Gasteiger partial charge in [-0.2, -0.15) is 0 Å². The summed E-state index contributed by atoms with van der Waals surface area (Å²) in [5.74, 6) is -1.03. The highest BCUT2D eigenvalue weighted by molar-refractivity contribution is 8.00. The average molecular weight is 415 g/mol. The van der Waals surface area contributed by atoms with Crippen LogP contribution in [-0.4, -0.2) is 35.4 Å². The molecule has 7 heteroatoms. The van der Waals surface area contributed by atoms with Gasteiger partial charge in [0.05, 0.1) is 11.5 Å². The first-order valence-corrected chi connectivity index (χ1v) is 10.4. The summed E-state index contributed by atoms with van der Waals surface area (Å²) in [6, 6.07) is 13.2. The van der Waals surface area contributed by atoms with Crippen LogP contribution in [-0.2, 0) is 19.1 Å². The van der Waals surface area contributed by atoms with Gasteiger partial charge in [-0.15, -0.1) is 11.8 Å². The molecule has 0 fully saturated rings. The molecular formula is C22H26N2O4S. The van der Waals surface area contributed by atoms with Crippen molar-refractivity contribution in [2.24, 2.45) is 0 Å². The third kappa shape index (κ3) is 7.62. The topological polar surface area (TPSA) is 84.5 Å². The van der Waals surface area contributed by atoms with Gasteiger partial charge in [0.2, 0.25) is 5.91 Å². The molecule has 2 rings (SSSR count). The van der Waals surface area contributed by atoms with Crippen LogP contribution in [0.25, 0.3) is 0 Å². The molecule has 6 nitrogen and oxygen atoms in total. The van der Waals surface area contributed by atoms with E-state index in [0.29, 0.717) is 5.69 Å². The van der Waals surface area contributed by atoms with Crippen LogP contribution in [0.4, 0.5) is 11.4 Å². The lowest BCUT2D eigenvalue weighted by Crippen LogP contribution is -2.31. The van der Waals surface area contributed by atoms with E-state index in [-0.39, 0.29) is 17.4 Å². The van der Waals surface area contributed by atoms with Crippen LogP contribution < -0.4 is 10.6 Å². The molecule has 0 saturated carbocycles. The summed E-state index contributed by atoms with van der Waals surface area (Å²) >= 11 is 1.14. The lowest BCUT2D eigenvalue weighted by Gasteiger charge is -2.15. The number of hydrogen-bond acceptors (Lipinski definition) is 5. The third-order valence-corrected chi connectivity index (χ3v) is 4.99. The van der Waals surface area contributed by atoms with Gasteiger partial charge in [-0.05, 0) is 62.6 Å². The minimum absolute atomic E-state index is 0.0116. The zero-order valence-electron chi connectivity index (χ0n) is 17.1. The summed E-state index contributed by atoms with van der Waals surface area (Å²) in [5, 5.41) is 5.55. The zero-order chi connectivity index (χ0) is 21.4. The monoisotopic (exact) mass is 414 g/mol. The maximum Gasteiger partial charge on any atom is 0.316 e. The molecule has 0 unspecified atom stereocenters. The molecule has 0 saturated heterocycles. The fraction of sp³-hybridized carbons (Fsp3) is 0.318. The number of esters is 1. The molecule has 1 atom stereocenters. The molecule has 0 aromatic heterocycles. The molecule has 0 aliphatic rings. The van der Waals surface area contributed by atoms with Crippen molar-refractivity contribution >= 4 is 40.9 Å². The minimum Gasteiger partial charge on any atom is -0.452 e. The zero-order valence-corrected chi connectivity index (χ0v) is 17.9. The number of thioether (sulfide) groups is 1. The van der Waals surface area contributed by atoms with Gasteiger partial charge < -0.3 is 15.4 Å². The quantitative estimate of drug-likeness (QED) is 0.641. The van der Waals surface area contributed by atoms with Gasteiger partial charge >= 0.3 is 5.97 Å². The molecule has 154 valence electrons. The lowest BCUT2D eigenvalue weighted by molar-refractivity contribution is -0.150. The molecular weight excluding hydrogens is 388 g/mol. The Balaban J connectivity index is 1.73. The summed E-state index contributed by atoms with van der Waals surface area (Å²) in [6.07, 6.45) is -0.927. The van der Waals surface area contributed by atoms with Crippen LogP contribution in [0.3, 0.4) is 0 Å². The minimum atomic E-state index is -0.927. The Bertz CT molecular complexity index is 898. The van der Waals surface area contributed by atoms with E-state index in [4.69, 9.17) is 4.74 Å². The third-order valence-electron chi connectivity index (χ3n) is 4.08. The van der Waals surface area contributed by atoms with Crippen LogP contribution in [0, 0.1) is 20.8 Å². The second kappa shape index (κ2) is 10.7. The van der Waals surface area contributed by atoms with Gasteiger partial charge in [0, 0.05) is 11.4 Å². The number of ether oxygens (including phenoxy) is 1. The predicted molar refractivity (Wildman–Crippen MR) is 117 cm³/mol. The van der Waals surface area contributed by atoms with E-state index in [1.807, 2.05) is 57.2 Å². The number of rotatable bonds is 8. The van der Waals surface area contributed by atoms with Crippen LogP contribution in [0.2, 0.25) is 0 Å². The van der Waals surface area contributed by atoms with Crippen molar-refractivity contribution in [3.8, 4) is 0 Å². The Hall–Kier alpha value is -2.80. The predicted octanol–water partition coefficient (Wildman–Crippen LogP) is 3.85. The fourth-order valence-corrected chi connectivity index (χ4v) is 3.13. The average Bonchev–Trinajstić information content (AvgIpc) is 2.64. The van der Waals surface area contributed by atoms with E-state index in [0.717, 1.165) is 34.1 Å². The van der Waals surface area contributed by atoms with Crippen molar-refractivity contribution in [2.75, 3.05) is 22.1 Å². The molecule has 0 heterocycles. The number of carbonyl (C=O) groups excluding carboxylic acids is 3. The van der Waals surface area contributed by atoms with Gasteiger partial charge in [-0.25, -0.2) is 0 Å². The summed E-state index contributed by atoms with van der Waals surface area (Å²) in [5.41, 5.74) is 4.41. The Morgan fingerprint density at radius 3 is 2.41 bits per heavy atom. The fourth-order valence-electron chi connectivity index (χ4n) is 2.54. The first kappa shape index (κ1) is 22.5. The highest BCUT2D eigenvalue weighted by atomic mass is 32.2. The van der Waals surface area contributed by atoms with Crippen molar-refractivity contribution in [1.82, 2.24) is 0 Å².